The van der Waals surface area contributed by atoms with E-state index in [1.54, 1.807) is 42.8 Å². The van der Waals surface area contributed by atoms with Crippen LogP contribution in [0.15, 0.2) is 60.2 Å². The molecule has 24 heavy (non-hydrogen) atoms. The van der Waals surface area contributed by atoms with E-state index < -0.39 is 11.7 Å². The van der Waals surface area contributed by atoms with Gasteiger partial charge in [0.05, 0.1) is 5.57 Å². The van der Waals surface area contributed by atoms with Gasteiger partial charge in [0.2, 0.25) is 0 Å². The summed E-state index contributed by atoms with van der Waals surface area (Å²) in [5.74, 6) is 0. The summed E-state index contributed by atoms with van der Waals surface area (Å²) in [5.41, 5.74) is 2.25. The van der Waals surface area contributed by atoms with Crippen LogP contribution in [0.1, 0.15) is 23.1 Å². The summed E-state index contributed by atoms with van der Waals surface area (Å²) in [6, 6.07) is 14.1. The van der Waals surface area contributed by atoms with Crippen molar-refractivity contribution < 1.29 is 13.2 Å². The minimum atomic E-state index is -4.42. The molecule has 123 valence electrons. The van der Waals surface area contributed by atoms with Crippen molar-refractivity contribution in [3.63, 3.8) is 0 Å². The second-order valence-corrected chi connectivity index (χ2v) is 6.10. The lowest BCUT2D eigenvalue weighted by Crippen LogP contribution is -2.17. The largest absolute Gasteiger partial charge is 0.416 e. The first kappa shape index (κ1) is 16.8. The fraction of sp³-hybridized carbons (Fsp3) is 0.150. The Morgan fingerprint density at radius 1 is 0.958 bits per heavy atom. The summed E-state index contributed by atoms with van der Waals surface area (Å²) in [6.07, 6.45) is -1.16. The Kier molecular flexibility index (Phi) is 4.55. The van der Waals surface area contributed by atoms with Crippen molar-refractivity contribution in [2.45, 2.75) is 19.5 Å². The fourth-order valence-corrected chi connectivity index (χ4v) is 3.09. The van der Waals surface area contributed by atoms with E-state index in [4.69, 9.17) is 11.6 Å². The van der Waals surface area contributed by atoms with E-state index in [1.165, 1.54) is 6.08 Å². The van der Waals surface area contributed by atoms with Crippen LogP contribution in [0.3, 0.4) is 0 Å². The van der Waals surface area contributed by atoms with Gasteiger partial charge in [0, 0.05) is 5.02 Å². The Morgan fingerprint density at radius 3 is 2.25 bits per heavy atom. The lowest BCUT2D eigenvalue weighted by Gasteiger charge is -2.25. The lowest BCUT2D eigenvalue weighted by atomic mass is 9.82. The first-order valence-electron chi connectivity index (χ1n) is 7.55. The van der Waals surface area contributed by atoms with Gasteiger partial charge in [-0.25, -0.2) is 0 Å². The number of halogens is 4. The number of aryl methyl sites for hydroxylation is 1. The van der Waals surface area contributed by atoms with E-state index in [-0.39, 0.29) is 12.0 Å². The molecule has 0 aliphatic heterocycles. The van der Waals surface area contributed by atoms with Crippen LogP contribution in [0, 0.1) is 13.3 Å². The Morgan fingerprint density at radius 2 is 1.62 bits per heavy atom. The molecule has 0 saturated heterocycles. The van der Waals surface area contributed by atoms with Gasteiger partial charge >= 0.3 is 6.18 Å². The van der Waals surface area contributed by atoms with E-state index in [0.29, 0.717) is 21.7 Å². The summed E-state index contributed by atoms with van der Waals surface area (Å²) in [5, 5.41) is 0.441. The Bertz CT molecular complexity index is 812. The van der Waals surface area contributed by atoms with Gasteiger partial charge in [0.1, 0.15) is 0 Å². The van der Waals surface area contributed by atoms with Crippen LogP contribution in [0.25, 0.3) is 11.1 Å². The standard InChI is InChI=1S/C20H15ClF3/c1-13-9-11-14(12-10-13)19-16(15-5-2-3-8-18(15)21)6-4-7-17(19)20(22,23)24/h2-3,5-12H,4H2,1H3. The van der Waals surface area contributed by atoms with Gasteiger partial charge in [-0.1, -0.05) is 65.7 Å². The number of alkyl halides is 3. The fourth-order valence-electron chi connectivity index (χ4n) is 2.86. The van der Waals surface area contributed by atoms with Crippen LogP contribution >= 0.6 is 11.6 Å². The summed E-state index contributed by atoms with van der Waals surface area (Å²) >= 11 is 6.24. The third-order valence-corrected chi connectivity index (χ3v) is 4.32. The summed E-state index contributed by atoms with van der Waals surface area (Å²) in [6.45, 7) is 1.90. The highest BCUT2D eigenvalue weighted by molar-refractivity contribution is 6.33. The van der Waals surface area contributed by atoms with Crippen LogP contribution in [0.5, 0.6) is 0 Å². The maximum Gasteiger partial charge on any atom is 0.416 e. The van der Waals surface area contributed by atoms with Crippen molar-refractivity contribution in [1.82, 2.24) is 0 Å². The van der Waals surface area contributed by atoms with Crippen LogP contribution < -0.4 is 0 Å². The molecule has 2 aromatic rings. The zero-order valence-electron chi connectivity index (χ0n) is 13.0. The topological polar surface area (TPSA) is 0 Å². The third-order valence-electron chi connectivity index (χ3n) is 3.99. The van der Waals surface area contributed by atoms with Gasteiger partial charge in [0.15, 0.2) is 0 Å². The summed E-state index contributed by atoms with van der Waals surface area (Å²) in [7, 11) is 0. The monoisotopic (exact) mass is 347 g/mol. The Hall–Kier alpha value is -2.00. The van der Waals surface area contributed by atoms with Crippen molar-refractivity contribution in [2.24, 2.45) is 0 Å². The second-order valence-electron chi connectivity index (χ2n) is 5.69. The molecule has 0 N–H and O–H groups in total. The third kappa shape index (κ3) is 3.27. The first-order chi connectivity index (χ1) is 11.4. The molecular formula is C20H15ClF3. The molecule has 1 radical (unpaired) electrons. The highest BCUT2D eigenvalue weighted by Crippen LogP contribution is 2.46. The zero-order chi connectivity index (χ0) is 17.3. The van der Waals surface area contributed by atoms with Crippen LogP contribution in [0.2, 0.25) is 5.02 Å². The molecule has 0 heterocycles. The molecule has 1 aliphatic rings. The number of benzene rings is 2. The molecular weight excluding hydrogens is 333 g/mol. The number of hydrogen-bond acceptors (Lipinski definition) is 0. The Balaban J connectivity index is 2.27. The van der Waals surface area contributed by atoms with E-state index in [1.807, 2.05) is 19.1 Å². The van der Waals surface area contributed by atoms with Gasteiger partial charge < -0.3 is 0 Å². The summed E-state index contributed by atoms with van der Waals surface area (Å²) in [4.78, 5) is 0. The second kappa shape index (κ2) is 6.48. The maximum atomic E-state index is 13.6. The van der Waals surface area contributed by atoms with Crippen LogP contribution in [0.4, 0.5) is 13.2 Å². The zero-order valence-corrected chi connectivity index (χ0v) is 13.7. The number of rotatable bonds is 2. The lowest BCUT2D eigenvalue weighted by molar-refractivity contribution is -0.0873. The highest BCUT2D eigenvalue weighted by Gasteiger charge is 2.39. The van der Waals surface area contributed by atoms with Crippen molar-refractivity contribution in [2.75, 3.05) is 0 Å². The Labute approximate surface area is 144 Å². The molecule has 4 heteroatoms. The predicted octanol–water partition coefficient (Wildman–Crippen LogP) is 6.66. The SMILES string of the molecule is Cc1ccc(C2=C(c3ccccc3Cl)[CH]CC=C2C(F)(F)F)cc1. The molecule has 2 aromatic carbocycles. The molecule has 0 spiro atoms. The molecule has 0 nitrogen and oxygen atoms in total. The molecule has 0 saturated carbocycles. The minimum Gasteiger partial charge on any atom is -0.166 e. The van der Waals surface area contributed by atoms with E-state index >= 15 is 0 Å². The first-order valence-corrected chi connectivity index (χ1v) is 7.93. The molecule has 0 unspecified atom stereocenters. The molecule has 0 atom stereocenters. The van der Waals surface area contributed by atoms with Crippen molar-refractivity contribution >= 4 is 22.7 Å². The smallest absolute Gasteiger partial charge is 0.166 e. The van der Waals surface area contributed by atoms with E-state index in [0.717, 1.165) is 5.56 Å². The molecule has 0 amide bonds. The molecule has 0 bridgehead atoms. The molecule has 0 aromatic heterocycles. The van der Waals surface area contributed by atoms with Gasteiger partial charge in [-0.3, -0.25) is 0 Å². The van der Waals surface area contributed by atoms with Gasteiger partial charge in [-0.2, -0.15) is 13.2 Å². The predicted molar refractivity (Wildman–Crippen MR) is 92.5 cm³/mol. The molecule has 0 fully saturated rings. The van der Waals surface area contributed by atoms with Crippen molar-refractivity contribution in [3.05, 3.63) is 88.3 Å². The van der Waals surface area contributed by atoms with Gasteiger partial charge in [-0.15, -0.1) is 0 Å². The maximum absolute atomic E-state index is 13.6. The number of allylic oxidation sites excluding steroid dienone is 4. The molecule has 1 aliphatic carbocycles. The quantitative estimate of drug-likeness (QED) is 0.570. The highest BCUT2D eigenvalue weighted by atomic mass is 35.5. The van der Waals surface area contributed by atoms with Gasteiger partial charge in [-0.05, 0) is 48.1 Å². The van der Waals surface area contributed by atoms with Crippen molar-refractivity contribution in [3.8, 4) is 0 Å². The normalized spacial score (nSPS) is 15.5. The summed E-state index contributed by atoms with van der Waals surface area (Å²) < 4.78 is 40.8. The molecule has 3 rings (SSSR count). The van der Waals surface area contributed by atoms with Crippen LogP contribution in [-0.2, 0) is 0 Å². The average molecular weight is 348 g/mol. The van der Waals surface area contributed by atoms with Crippen molar-refractivity contribution in [1.29, 1.82) is 0 Å². The van der Waals surface area contributed by atoms with E-state index in [9.17, 15) is 13.2 Å². The van der Waals surface area contributed by atoms with Gasteiger partial charge in [0.25, 0.3) is 0 Å². The minimum absolute atomic E-state index is 0.182. The average Bonchev–Trinajstić information content (AvgIpc) is 2.55. The number of hydrogen-bond donors (Lipinski definition) is 0. The van der Waals surface area contributed by atoms with E-state index in [2.05, 4.69) is 0 Å². The van der Waals surface area contributed by atoms with Crippen LogP contribution in [-0.4, -0.2) is 6.18 Å².